The second-order valence-electron chi connectivity index (χ2n) is 8.68. The minimum atomic E-state index is -0.303. The van der Waals surface area contributed by atoms with Gasteiger partial charge in [0.05, 0.1) is 35.3 Å². The van der Waals surface area contributed by atoms with Crippen molar-refractivity contribution in [2.45, 2.75) is 46.1 Å². The summed E-state index contributed by atoms with van der Waals surface area (Å²) in [5, 5.41) is 9.09. The monoisotopic (exact) mass is 506 g/mol. The molecule has 1 atom stereocenters. The number of ether oxygens (including phenoxy) is 1. The molecule has 1 aromatic carbocycles. The van der Waals surface area contributed by atoms with E-state index in [0.29, 0.717) is 48.0 Å². The molecule has 0 radical (unpaired) electrons. The number of carbonyl (C=O) groups excluding carboxylic acids is 3. The summed E-state index contributed by atoms with van der Waals surface area (Å²) >= 11 is 7.60. The number of thiazole rings is 1. The molecule has 1 aliphatic rings. The van der Waals surface area contributed by atoms with Gasteiger partial charge >= 0.3 is 0 Å². The van der Waals surface area contributed by atoms with E-state index in [9.17, 15) is 14.4 Å². The highest BCUT2D eigenvalue weighted by molar-refractivity contribution is 7.09. The Kier molecular flexibility index (Phi) is 9.29. The van der Waals surface area contributed by atoms with Crippen LogP contribution in [0, 0.1) is 12.8 Å². The van der Waals surface area contributed by atoms with Crippen molar-refractivity contribution in [2.24, 2.45) is 5.92 Å². The second kappa shape index (κ2) is 12.2. The molecule has 1 aliphatic heterocycles. The number of hydrogen-bond acceptors (Lipinski definition) is 6. The Morgan fingerprint density at radius 3 is 2.82 bits per heavy atom. The van der Waals surface area contributed by atoms with E-state index in [0.717, 1.165) is 5.01 Å². The Morgan fingerprint density at radius 1 is 1.32 bits per heavy atom. The van der Waals surface area contributed by atoms with Gasteiger partial charge in [0.25, 0.3) is 5.91 Å². The smallest absolute Gasteiger partial charge is 0.255 e. The minimum absolute atomic E-state index is 0.0380. The van der Waals surface area contributed by atoms with Crippen LogP contribution in [0.2, 0.25) is 5.02 Å². The van der Waals surface area contributed by atoms with Crippen molar-refractivity contribution in [1.82, 2.24) is 20.5 Å². The van der Waals surface area contributed by atoms with Crippen LogP contribution in [-0.2, 0) is 16.0 Å². The van der Waals surface area contributed by atoms with Gasteiger partial charge in [-0.05, 0) is 43.9 Å². The first kappa shape index (κ1) is 26.0. The number of benzene rings is 1. The first-order valence-corrected chi connectivity index (χ1v) is 12.7. The molecule has 3 amide bonds. The maximum absolute atomic E-state index is 13.0. The van der Waals surface area contributed by atoms with Crippen LogP contribution in [-0.4, -0.2) is 59.9 Å². The summed E-state index contributed by atoms with van der Waals surface area (Å²) in [5.41, 5.74) is 1.06. The van der Waals surface area contributed by atoms with Gasteiger partial charge in [0.1, 0.15) is 12.4 Å². The van der Waals surface area contributed by atoms with E-state index >= 15 is 0 Å². The number of hydrogen-bond donors (Lipinski definition) is 2. The van der Waals surface area contributed by atoms with E-state index in [4.69, 9.17) is 16.3 Å². The Morgan fingerprint density at radius 2 is 2.12 bits per heavy atom. The third kappa shape index (κ3) is 7.43. The van der Waals surface area contributed by atoms with Gasteiger partial charge in [-0.2, -0.15) is 0 Å². The number of amides is 3. The van der Waals surface area contributed by atoms with Crippen LogP contribution in [0.15, 0.2) is 23.6 Å². The highest BCUT2D eigenvalue weighted by atomic mass is 35.5. The normalized spacial score (nSPS) is 18.3. The Bertz CT molecular complexity index is 1030. The van der Waals surface area contributed by atoms with Gasteiger partial charge < -0.3 is 20.3 Å². The minimum Gasteiger partial charge on any atom is -0.491 e. The molecular weight excluding hydrogens is 476 g/mol. The molecule has 1 aromatic heterocycles. The van der Waals surface area contributed by atoms with Crippen molar-refractivity contribution in [3.8, 4) is 5.75 Å². The zero-order valence-corrected chi connectivity index (χ0v) is 21.3. The average molecular weight is 507 g/mol. The molecule has 10 heteroatoms. The van der Waals surface area contributed by atoms with Gasteiger partial charge in [-0.25, -0.2) is 4.98 Å². The van der Waals surface area contributed by atoms with Crippen molar-refractivity contribution in [1.29, 1.82) is 0 Å². The molecule has 2 heterocycles. The van der Waals surface area contributed by atoms with Crippen LogP contribution >= 0.6 is 22.9 Å². The Labute approximate surface area is 209 Å². The quantitative estimate of drug-likeness (QED) is 0.665. The van der Waals surface area contributed by atoms with Crippen molar-refractivity contribution < 1.29 is 19.1 Å². The summed E-state index contributed by atoms with van der Waals surface area (Å²) in [4.78, 5) is 44.5. The number of halogens is 1. The van der Waals surface area contributed by atoms with Crippen LogP contribution in [0.25, 0.3) is 0 Å². The zero-order valence-electron chi connectivity index (χ0n) is 19.7. The predicted molar refractivity (Wildman–Crippen MR) is 132 cm³/mol. The van der Waals surface area contributed by atoms with Crippen molar-refractivity contribution >= 4 is 40.7 Å². The van der Waals surface area contributed by atoms with Gasteiger partial charge in [0, 0.05) is 23.5 Å². The largest absolute Gasteiger partial charge is 0.491 e. The number of nitrogens with one attached hydrogen (secondary N) is 2. The lowest BCUT2D eigenvalue weighted by Crippen LogP contribution is -2.48. The predicted octanol–water partition coefficient (Wildman–Crippen LogP) is 3.22. The molecule has 184 valence electrons. The van der Waals surface area contributed by atoms with Gasteiger partial charge in [0.15, 0.2) is 0 Å². The van der Waals surface area contributed by atoms with Crippen LogP contribution in [0.5, 0.6) is 5.75 Å². The maximum Gasteiger partial charge on any atom is 0.255 e. The zero-order chi connectivity index (χ0) is 24.7. The van der Waals surface area contributed by atoms with Gasteiger partial charge in [-0.1, -0.05) is 25.4 Å². The highest BCUT2D eigenvalue weighted by Gasteiger charge is 2.23. The van der Waals surface area contributed by atoms with Crippen LogP contribution in [0.1, 0.15) is 47.7 Å². The fourth-order valence-corrected chi connectivity index (χ4v) is 4.37. The van der Waals surface area contributed by atoms with Crippen molar-refractivity contribution in [3.05, 3.63) is 44.9 Å². The third-order valence-electron chi connectivity index (χ3n) is 5.58. The summed E-state index contributed by atoms with van der Waals surface area (Å²) < 4.78 is 5.95. The molecule has 0 bridgehead atoms. The molecule has 8 nitrogen and oxygen atoms in total. The Hall–Kier alpha value is -2.65. The van der Waals surface area contributed by atoms with Crippen molar-refractivity contribution in [3.63, 3.8) is 0 Å². The van der Waals surface area contributed by atoms with Crippen molar-refractivity contribution in [2.75, 3.05) is 26.2 Å². The molecule has 0 aliphatic carbocycles. The average Bonchev–Trinajstić information content (AvgIpc) is 3.19. The van der Waals surface area contributed by atoms with E-state index in [1.807, 2.05) is 26.2 Å². The molecule has 2 N–H and O–H groups in total. The van der Waals surface area contributed by atoms with Gasteiger partial charge in [-0.3, -0.25) is 14.4 Å². The number of fused-ring (bicyclic) bond motifs is 1. The summed E-state index contributed by atoms with van der Waals surface area (Å²) in [6.45, 7) is 6.83. The van der Waals surface area contributed by atoms with E-state index in [1.165, 1.54) is 11.3 Å². The fourth-order valence-electron chi connectivity index (χ4n) is 3.58. The maximum atomic E-state index is 13.0. The lowest BCUT2D eigenvalue weighted by atomic mass is 10.1. The molecule has 0 saturated carbocycles. The Balaban J connectivity index is 1.77. The van der Waals surface area contributed by atoms with Crippen LogP contribution < -0.4 is 15.4 Å². The van der Waals surface area contributed by atoms with Gasteiger partial charge in [0.2, 0.25) is 11.8 Å². The molecule has 34 heavy (non-hydrogen) atoms. The topological polar surface area (TPSA) is 101 Å². The van der Waals surface area contributed by atoms with Crippen LogP contribution in [0.4, 0.5) is 0 Å². The summed E-state index contributed by atoms with van der Waals surface area (Å²) in [5.74, 6) is -0.179. The molecule has 2 aromatic rings. The summed E-state index contributed by atoms with van der Waals surface area (Å²) in [6.07, 6.45) is 1.45. The van der Waals surface area contributed by atoms with E-state index in [2.05, 4.69) is 15.6 Å². The standard InChI is InChI=1S/C24H31ClN4O4S/c1-15(2)20-13-33-21-7-6-17(25)10-19(21)24(32)26-8-4-5-9-29(12-22(30)28-20)23(31)11-18-14-34-16(3)27-18/h6-7,10,14-15,20H,4-5,8-9,11-13H2,1-3H3,(H,26,32)(H,28,30)/t20-/m0/s1. The second-order valence-corrected chi connectivity index (χ2v) is 10.2. The summed E-state index contributed by atoms with van der Waals surface area (Å²) in [7, 11) is 0. The number of nitrogens with zero attached hydrogens (tertiary/aromatic N) is 2. The first-order chi connectivity index (χ1) is 16.2. The lowest BCUT2D eigenvalue weighted by Gasteiger charge is -2.26. The highest BCUT2D eigenvalue weighted by Crippen LogP contribution is 2.24. The molecule has 0 spiro atoms. The van der Waals surface area contributed by atoms with E-state index < -0.39 is 0 Å². The third-order valence-corrected chi connectivity index (χ3v) is 6.64. The van der Waals surface area contributed by atoms with Crippen LogP contribution in [0.3, 0.4) is 0 Å². The number of carbonyl (C=O) groups is 3. The number of rotatable bonds is 3. The van der Waals surface area contributed by atoms with Gasteiger partial charge in [-0.15, -0.1) is 11.3 Å². The lowest BCUT2D eigenvalue weighted by molar-refractivity contribution is -0.136. The number of aryl methyl sites for hydroxylation is 1. The van der Waals surface area contributed by atoms with E-state index in [-0.39, 0.29) is 49.3 Å². The first-order valence-electron chi connectivity index (χ1n) is 11.4. The molecule has 0 fully saturated rings. The molecule has 0 unspecified atom stereocenters. The summed E-state index contributed by atoms with van der Waals surface area (Å²) in [6, 6.07) is 4.60. The molecule has 0 saturated heterocycles. The molecular formula is C24H31ClN4O4S. The SMILES string of the molecule is Cc1nc(CC(=O)N2CCCCNC(=O)c3cc(Cl)ccc3OC[C@@H](C(C)C)NC(=O)C2)cs1. The molecule has 3 rings (SSSR count). The fraction of sp³-hybridized carbons (Fsp3) is 0.500. The van der Waals surface area contributed by atoms with E-state index in [1.54, 1.807) is 23.1 Å². The number of aromatic nitrogens is 1.